The van der Waals surface area contributed by atoms with E-state index >= 15 is 0 Å². The maximum absolute atomic E-state index is 5.64. The molecule has 3 heteroatoms. The lowest BCUT2D eigenvalue weighted by atomic mass is 10.1. The second kappa shape index (κ2) is 8.87. The van der Waals surface area contributed by atoms with Crippen molar-refractivity contribution in [1.29, 1.82) is 0 Å². The Morgan fingerprint density at radius 3 is 2.26 bits per heavy atom. The van der Waals surface area contributed by atoms with Gasteiger partial charge in [0.15, 0.2) is 0 Å². The van der Waals surface area contributed by atoms with Crippen molar-refractivity contribution >= 4 is 19.3 Å². The summed E-state index contributed by atoms with van der Waals surface area (Å²) in [5.74, 6) is 0. The van der Waals surface area contributed by atoms with Gasteiger partial charge in [-0.25, -0.2) is 0 Å². The highest BCUT2D eigenvalue weighted by atomic mass is 31.1. The molecule has 1 unspecified atom stereocenters. The molecule has 1 aliphatic carbocycles. The van der Waals surface area contributed by atoms with Crippen molar-refractivity contribution in [3.8, 4) is 0 Å². The van der Waals surface area contributed by atoms with Crippen LogP contribution < -0.4 is 5.30 Å². The summed E-state index contributed by atoms with van der Waals surface area (Å²) in [6.07, 6.45) is 5.97. The molecule has 1 fully saturated rings. The smallest absolute Gasteiger partial charge is 0.0642 e. The second-order valence-electron chi connectivity index (χ2n) is 7.05. The number of allylic oxidation sites excluding steroid dienone is 2. The molecule has 2 aromatic rings. The van der Waals surface area contributed by atoms with Gasteiger partial charge in [-0.2, -0.15) is 0 Å². The number of nitrogens with zero attached hydrogens (tertiary/aromatic N) is 1. The summed E-state index contributed by atoms with van der Waals surface area (Å²) in [4.78, 5) is 2.59. The number of benzene rings is 2. The first-order valence-electron chi connectivity index (χ1n) is 10.0. The van der Waals surface area contributed by atoms with Gasteiger partial charge in [-0.15, -0.1) is 0 Å². The van der Waals surface area contributed by atoms with Gasteiger partial charge in [-0.05, 0) is 54.8 Å². The Bertz CT molecular complexity index is 807. The summed E-state index contributed by atoms with van der Waals surface area (Å²) in [6, 6.07) is 21.9. The number of hydrogen-bond donors (Lipinski definition) is 0. The van der Waals surface area contributed by atoms with Crippen LogP contribution in [-0.2, 0) is 4.74 Å². The van der Waals surface area contributed by atoms with Crippen LogP contribution in [0.15, 0.2) is 77.2 Å². The highest BCUT2D eigenvalue weighted by molar-refractivity contribution is 7.69. The molecule has 0 aromatic heterocycles. The van der Waals surface area contributed by atoms with Crippen LogP contribution in [0.1, 0.15) is 25.3 Å². The van der Waals surface area contributed by atoms with E-state index in [-0.39, 0.29) is 7.92 Å². The average Bonchev–Trinajstić information content (AvgIpc) is 3.14. The molecule has 2 aliphatic rings. The van der Waals surface area contributed by atoms with Gasteiger partial charge in [0.25, 0.3) is 0 Å². The molecule has 0 saturated carbocycles. The number of ether oxygens (including phenoxy) is 1. The van der Waals surface area contributed by atoms with Crippen molar-refractivity contribution < 1.29 is 4.74 Å². The zero-order valence-corrected chi connectivity index (χ0v) is 17.0. The van der Waals surface area contributed by atoms with Crippen LogP contribution in [0.4, 0.5) is 0 Å². The summed E-state index contributed by atoms with van der Waals surface area (Å²) in [5.41, 5.74) is 4.34. The Labute approximate surface area is 164 Å². The molecular formula is C24H28NOP. The first-order valence-corrected chi connectivity index (χ1v) is 11.5. The molecule has 0 spiro atoms. The normalized spacial score (nSPS) is 20.3. The van der Waals surface area contributed by atoms with Gasteiger partial charge in [-0.3, -0.25) is 0 Å². The van der Waals surface area contributed by atoms with Crippen molar-refractivity contribution in [3.05, 3.63) is 82.8 Å². The lowest BCUT2D eigenvalue weighted by Gasteiger charge is -2.33. The van der Waals surface area contributed by atoms with Gasteiger partial charge in [0.05, 0.1) is 13.2 Å². The second-order valence-corrected chi connectivity index (χ2v) is 9.60. The molecule has 1 saturated heterocycles. The lowest BCUT2D eigenvalue weighted by molar-refractivity contribution is 0.0549. The van der Waals surface area contributed by atoms with Crippen LogP contribution in [-0.4, -0.2) is 37.4 Å². The van der Waals surface area contributed by atoms with Crippen LogP contribution in [0.5, 0.6) is 0 Å². The number of hydrogen-bond acceptors (Lipinski definition) is 2. The molecule has 27 heavy (non-hydrogen) atoms. The van der Waals surface area contributed by atoms with Gasteiger partial charge >= 0.3 is 0 Å². The minimum Gasteiger partial charge on any atom is -0.378 e. The Kier molecular flexibility index (Phi) is 6.07. The van der Waals surface area contributed by atoms with Crippen LogP contribution in [0, 0.1) is 0 Å². The molecule has 2 nitrogen and oxygen atoms in total. The van der Waals surface area contributed by atoms with E-state index in [9.17, 15) is 0 Å². The van der Waals surface area contributed by atoms with Crippen molar-refractivity contribution in [2.75, 3.05) is 32.5 Å². The molecular weight excluding hydrogens is 349 g/mol. The van der Waals surface area contributed by atoms with Gasteiger partial charge in [0.2, 0.25) is 0 Å². The summed E-state index contributed by atoms with van der Waals surface area (Å²) in [6.45, 7) is 6.04. The third-order valence-corrected chi connectivity index (χ3v) is 8.03. The number of rotatable bonds is 5. The van der Waals surface area contributed by atoms with E-state index < -0.39 is 0 Å². The molecule has 1 aliphatic heterocycles. The third kappa shape index (κ3) is 4.18. The minimum absolute atomic E-state index is 0.264. The summed E-state index contributed by atoms with van der Waals surface area (Å²) < 4.78 is 5.64. The van der Waals surface area contributed by atoms with E-state index in [0.29, 0.717) is 0 Å². The Balaban J connectivity index is 1.76. The molecule has 0 bridgehead atoms. The monoisotopic (exact) mass is 377 g/mol. The molecule has 140 valence electrons. The average molecular weight is 377 g/mol. The molecule has 4 rings (SSSR count). The van der Waals surface area contributed by atoms with E-state index in [1.54, 1.807) is 5.31 Å². The SMILES string of the molecule is CCP(C1=C(N2CCOCC2)/C(=C/c2ccccc2)CC1)c1ccccc1. The molecule has 2 aromatic carbocycles. The van der Waals surface area contributed by atoms with Crippen LogP contribution >= 0.6 is 7.92 Å². The van der Waals surface area contributed by atoms with Crippen LogP contribution in [0.25, 0.3) is 6.08 Å². The maximum atomic E-state index is 5.64. The fourth-order valence-corrected chi connectivity index (χ4v) is 6.65. The van der Waals surface area contributed by atoms with Crippen molar-refractivity contribution in [1.82, 2.24) is 4.90 Å². The van der Waals surface area contributed by atoms with Gasteiger partial charge in [0, 0.05) is 18.8 Å². The zero-order valence-electron chi connectivity index (χ0n) is 16.1. The molecule has 1 heterocycles. The summed E-state index contributed by atoms with van der Waals surface area (Å²) in [7, 11) is -0.264. The largest absolute Gasteiger partial charge is 0.378 e. The Hall–Kier alpha value is -1.89. The predicted octanol–water partition coefficient (Wildman–Crippen LogP) is 5.23. The molecule has 0 N–H and O–H groups in total. The Morgan fingerprint density at radius 2 is 1.59 bits per heavy atom. The third-order valence-electron chi connectivity index (χ3n) is 5.39. The Morgan fingerprint density at radius 1 is 0.926 bits per heavy atom. The summed E-state index contributed by atoms with van der Waals surface area (Å²) in [5, 5.41) is 3.19. The van der Waals surface area contributed by atoms with Crippen molar-refractivity contribution in [2.24, 2.45) is 0 Å². The fourth-order valence-electron chi connectivity index (χ4n) is 4.14. The lowest BCUT2D eigenvalue weighted by Crippen LogP contribution is -2.36. The van der Waals surface area contributed by atoms with E-state index in [2.05, 4.69) is 78.6 Å². The summed E-state index contributed by atoms with van der Waals surface area (Å²) >= 11 is 0. The number of morpholine rings is 1. The van der Waals surface area contributed by atoms with Gasteiger partial charge < -0.3 is 9.64 Å². The zero-order chi connectivity index (χ0) is 18.5. The van der Waals surface area contributed by atoms with Gasteiger partial charge in [-0.1, -0.05) is 67.6 Å². The highest BCUT2D eigenvalue weighted by Crippen LogP contribution is 2.53. The minimum atomic E-state index is -0.264. The van der Waals surface area contributed by atoms with E-state index in [4.69, 9.17) is 4.74 Å². The maximum Gasteiger partial charge on any atom is 0.0642 e. The first kappa shape index (κ1) is 18.5. The fraction of sp³-hybridized carbons (Fsp3) is 0.333. The van der Waals surface area contributed by atoms with E-state index in [0.717, 1.165) is 32.7 Å². The van der Waals surface area contributed by atoms with E-state index in [1.165, 1.54) is 34.7 Å². The first-order chi connectivity index (χ1) is 13.4. The van der Waals surface area contributed by atoms with Crippen molar-refractivity contribution in [3.63, 3.8) is 0 Å². The van der Waals surface area contributed by atoms with Crippen LogP contribution in [0.3, 0.4) is 0 Å². The van der Waals surface area contributed by atoms with E-state index in [1.807, 2.05) is 0 Å². The highest BCUT2D eigenvalue weighted by Gasteiger charge is 2.30. The van der Waals surface area contributed by atoms with Gasteiger partial charge in [0.1, 0.15) is 0 Å². The topological polar surface area (TPSA) is 12.5 Å². The molecule has 1 atom stereocenters. The molecule has 0 amide bonds. The standard InChI is InChI=1S/C24H28NOP/c1-2-27(22-11-7-4-8-12-22)23-14-13-21(19-20-9-5-3-6-10-20)24(23)25-15-17-26-18-16-25/h3-12,19H,2,13-18H2,1H3/b21-19+. The molecule has 0 radical (unpaired) electrons. The van der Waals surface area contributed by atoms with Crippen molar-refractivity contribution in [2.45, 2.75) is 19.8 Å². The predicted molar refractivity (Wildman–Crippen MR) is 117 cm³/mol. The van der Waals surface area contributed by atoms with Crippen LogP contribution in [0.2, 0.25) is 0 Å². The quantitative estimate of drug-likeness (QED) is 0.661.